The minimum atomic E-state index is -3.72. The highest BCUT2D eigenvalue weighted by Gasteiger charge is 2.39. The van der Waals surface area contributed by atoms with E-state index in [9.17, 15) is 13.2 Å². The highest BCUT2D eigenvalue weighted by molar-refractivity contribution is 7.89. The van der Waals surface area contributed by atoms with Gasteiger partial charge in [-0.1, -0.05) is 29.5 Å². The van der Waals surface area contributed by atoms with Gasteiger partial charge < -0.3 is 10.1 Å². The SMILES string of the molecule is COc1ccc2nc(NC(=O)C3CCCN3S(=O)(=O)c3ccccc3)sc2c1. The number of fused-ring (bicyclic) bond motifs is 1. The first-order chi connectivity index (χ1) is 13.5. The summed E-state index contributed by atoms with van der Waals surface area (Å²) in [5.41, 5.74) is 0.751. The molecule has 3 aromatic rings. The Labute approximate surface area is 167 Å². The molecule has 1 amide bonds. The predicted octanol–water partition coefficient (Wildman–Crippen LogP) is 3.10. The fraction of sp³-hybridized carbons (Fsp3) is 0.263. The molecule has 0 spiro atoms. The van der Waals surface area contributed by atoms with Crippen LogP contribution in [0.4, 0.5) is 5.13 Å². The van der Waals surface area contributed by atoms with E-state index in [0.29, 0.717) is 30.3 Å². The van der Waals surface area contributed by atoms with Crippen LogP contribution in [0.5, 0.6) is 5.75 Å². The number of carbonyl (C=O) groups is 1. The van der Waals surface area contributed by atoms with Gasteiger partial charge >= 0.3 is 0 Å². The Hall–Kier alpha value is -2.49. The minimum absolute atomic E-state index is 0.196. The summed E-state index contributed by atoms with van der Waals surface area (Å²) in [6, 6.07) is 12.9. The van der Waals surface area contributed by atoms with E-state index in [0.717, 1.165) is 10.2 Å². The second-order valence-electron chi connectivity index (χ2n) is 6.43. The summed E-state index contributed by atoms with van der Waals surface area (Å²) in [6.07, 6.45) is 1.12. The zero-order valence-corrected chi connectivity index (χ0v) is 16.8. The average Bonchev–Trinajstić information content (AvgIpc) is 3.35. The molecule has 0 radical (unpaired) electrons. The average molecular weight is 418 g/mol. The largest absolute Gasteiger partial charge is 0.497 e. The lowest BCUT2D eigenvalue weighted by Crippen LogP contribution is -2.43. The van der Waals surface area contributed by atoms with Crippen molar-refractivity contribution >= 4 is 42.6 Å². The second kappa shape index (κ2) is 7.50. The van der Waals surface area contributed by atoms with Gasteiger partial charge in [0.15, 0.2) is 5.13 Å². The van der Waals surface area contributed by atoms with Gasteiger partial charge in [0.05, 0.1) is 22.2 Å². The highest BCUT2D eigenvalue weighted by atomic mass is 32.2. The Morgan fingerprint density at radius 3 is 2.79 bits per heavy atom. The molecular weight excluding hydrogens is 398 g/mol. The van der Waals surface area contributed by atoms with Crippen molar-refractivity contribution in [1.82, 2.24) is 9.29 Å². The van der Waals surface area contributed by atoms with Crippen molar-refractivity contribution in [3.8, 4) is 5.75 Å². The number of hydrogen-bond donors (Lipinski definition) is 1. The number of nitrogens with zero attached hydrogens (tertiary/aromatic N) is 2. The third-order valence-corrected chi connectivity index (χ3v) is 7.54. The summed E-state index contributed by atoms with van der Waals surface area (Å²) in [5.74, 6) is 0.355. The Morgan fingerprint density at radius 1 is 1.25 bits per heavy atom. The number of amides is 1. The van der Waals surface area contributed by atoms with Crippen LogP contribution in [-0.2, 0) is 14.8 Å². The molecule has 1 aliphatic rings. The van der Waals surface area contributed by atoms with Crippen molar-refractivity contribution in [2.24, 2.45) is 0 Å². The summed E-state index contributed by atoms with van der Waals surface area (Å²) in [5, 5.41) is 3.23. The number of sulfonamides is 1. The molecule has 1 unspecified atom stereocenters. The second-order valence-corrected chi connectivity index (χ2v) is 9.35. The quantitative estimate of drug-likeness (QED) is 0.689. The summed E-state index contributed by atoms with van der Waals surface area (Å²) < 4.78 is 33.2. The van der Waals surface area contributed by atoms with Crippen LogP contribution in [0.1, 0.15) is 12.8 Å². The van der Waals surface area contributed by atoms with E-state index < -0.39 is 16.1 Å². The molecule has 2 aromatic carbocycles. The Balaban J connectivity index is 1.56. The van der Waals surface area contributed by atoms with E-state index >= 15 is 0 Å². The molecular formula is C19H19N3O4S2. The monoisotopic (exact) mass is 417 g/mol. The zero-order valence-electron chi connectivity index (χ0n) is 15.2. The van der Waals surface area contributed by atoms with Gasteiger partial charge in [-0.3, -0.25) is 4.79 Å². The topological polar surface area (TPSA) is 88.6 Å². The first-order valence-electron chi connectivity index (χ1n) is 8.81. The molecule has 7 nitrogen and oxygen atoms in total. The first kappa shape index (κ1) is 18.9. The molecule has 2 heterocycles. The number of rotatable bonds is 5. The van der Waals surface area contributed by atoms with Gasteiger partial charge in [-0.05, 0) is 43.2 Å². The van der Waals surface area contributed by atoms with E-state index in [1.54, 1.807) is 43.5 Å². The van der Waals surface area contributed by atoms with Crippen LogP contribution in [-0.4, -0.2) is 43.3 Å². The number of benzene rings is 2. The van der Waals surface area contributed by atoms with Gasteiger partial charge in [0.25, 0.3) is 0 Å². The molecule has 1 saturated heterocycles. The molecule has 1 aromatic heterocycles. The summed E-state index contributed by atoms with van der Waals surface area (Å²) in [7, 11) is -2.13. The molecule has 0 bridgehead atoms. The van der Waals surface area contributed by atoms with Crippen LogP contribution in [0.2, 0.25) is 0 Å². The van der Waals surface area contributed by atoms with Gasteiger partial charge in [-0.2, -0.15) is 4.31 Å². The number of anilines is 1. The highest BCUT2D eigenvalue weighted by Crippen LogP contribution is 2.31. The molecule has 146 valence electrons. The first-order valence-corrected chi connectivity index (χ1v) is 11.1. The minimum Gasteiger partial charge on any atom is -0.497 e. The molecule has 1 N–H and O–H groups in total. The van der Waals surface area contributed by atoms with Crippen molar-refractivity contribution in [1.29, 1.82) is 0 Å². The lowest BCUT2D eigenvalue weighted by atomic mass is 10.2. The van der Waals surface area contributed by atoms with Gasteiger partial charge in [0.1, 0.15) is 11.8 Å². The molecule has 1 fully saturated rings. The fourth-order valence-electron chi connectivity index (χ4n) is 3.29. The number of nitrogens with one attached hydrogen (secondary N) is 1. The standard InChI is InChI=1S/C19H19N3O4S2/c1-26-13-9-10-15-17(12-13)27-19(20-15)21-18(23)16-8-5-11-22(16)28(24,25)14-6-3-2-4-7-14/h2-4,6-7,9-10,12,16H,5,8,11H2,1H3,(H,20,21,23). The van der Waals surface area contributed by atoms with E-state index in [1.807, 2.05) is 12.1 Å². The summed E-state index contributed by atoms with van der Waals surface area (Å²) >= 11 is 1.33. The number of hydrogen-bond acceptors (Lipinski definition) is 6. The normalized spacial score (nSPS) is 17.7. The number of ether oxygens (including phenoxy) is 1. The fourth-order valence-corrected chi connectivity index (χ4v) is 5.87. The lowest BCUT2D eigenvalue weighted by molar-refractivity contribution is -0.119. The van der Waals surface area contributed by atoms with Crippen molar-refractivity contribution in [3.63, 3.8) is 0 Å². The number of aromatic nitrogens is 1. The molecule has 28 heavy (non-hydrogen) atoms. The lowest BCUT2D eigenvalue weighted by Gasteiger charge is -2.22. The van der Waals surface area contributed by atoms with Crippen molar-refractivity contribution in [3.05, 3.63) is 48.5 Å². The van der Waals surface area contributed by atoms with E-state index in [4.69, 9.17) is 4.74 Å². The molecule has 1 aliphatic heterocycles. The van der Waals surface area contributed by atoms with E-state index in [1.165, 1.54) is 15.6 Å². The predicted molar refractivity (Wildman–Crippen MR) is 108 cm³/mol. The molecule has 1 atom stereocenters. The maximum atomic E-state index is 12.9. The summed E-state index contributed by atoms with van der Waals surface area (Å²) in [6.45, 7) is 0.326. The van der Waals surface area contributed by atoms with Crippen LogP contribution in [0, 0.1) is 0 Å². The zero-order chi connectivity index (χ0) is 19.7. The van der Waals surface area contributed by atoms with Gasteiger partial charge in [0.2, 0.25) is 15.9 Å². The van der Waals surface area contributed by atoms with Crippen LogP contribution in [0.3, 0.4) is 0 Å². The smallest absolute Gasteiger partial charge is 0.244 e. The van der Waals surface area contributed by atoms with Crippen molar-refractivity contribution < 1.29 is 17.9 Å². The van der Waals surface area contributed by atoms with Gasteiger partial charge in [-0.15, -0.1) is 0 Å². The molecule has 0 aliphatic carbocycles. The van der Waals surface area contributed by atoms with Crippen LogP contribution in [0.25, 0.3) is 10.2 Å². The molecule has 0 saturated carbocycles. The summed E-state index contributed by atoms with van der Waals surface area (Å²) in [4.78, 5) is 17.4. The van der Waals surface area contributed by atoms with Crippen LogP contribution in [0.15, 0.2) is 53.4 Å². The Morgan fingerprint density at radius 2 is 2.04 bits per heavy atom. The van der Waals surface area contributed by atoms with Crippen molar-refractivity contribution in [2.45, 2.75) is 23.8 Å². The van der Waals surface area contributed by atoms with E-state index in [2.05, 4.69) is 10.3 Å². The van der Waals surface area contributed by atoms with Crippen molar-refractivity contribution in [2.75, 3.05) is 19.0 Å². The van der Waals surface area contributed by atoms with Crippen LogP contribution < -0.4 is 10.1 Å². The maximum absolute atomic E-state index is 12.9. The Kier molecular flexibility index (Phi) is 5.05. The third-order valence-electron chi connectivity index (χ3n) is 4.68. The third kappa shape index (κ3) is 3.48. The van der Waals surface area contributed by atoms with E-state index in [-0.39, 0.29) is 10.8 Å². The maximum Gasteiger partial charge on any atom is 0.244 e. The number of methoxy groups -OCH3 is 1. The number of thiazole rings is 1. The van der Waals surface area contributed by atoms with Gasteiger partial charge in [-0.25, -0.2) is 13.4 Å². The van der Waals surface area contributed by atoms with Gasteiger partial charge in [0, 0.05) is 6.54 Å². The molecule has 9 heteroatoms. The molecule has 4 rings (SSSR count). The van der Waals surface area contributed by atoms with Crippen LogP contribution >= 0.6 is 11.3 Å². The Bertz CT molecular complexity index is 1110. The number of carbonyl (C=O) groups excluding carboxylic acids is 1.